The molecule has 0 bridgehead atoms. The van der Waals surface area contributed by atoms with E-state index >= 15 is 0 Å². The van der Waals surface area contributed by atoms with E-state index in [0.717, 1.165) is 12.8 Å². The standard InChI is InChI=1S/C14H16.Na/c1-3-11-9-10-12-7-5-6-8-14(12)13(11)4-2;/h5-10H,3-4H2,1-2H3;. The second-order valence-corrected chi connectivity index (χ2v) is 3.63. The summed E-state index contributed by atoms with van der Waals surface area (Å²) in [5.74, 6) is 0. The molecule has 0 heterocycles. The third-order valence-corrected chi connectivity index (χ3v) is 2.87. The van der Waals surface area contributed by atoms with Crippen LogP contribution in [0.25, 0.3) is 10.8 Å². The van der Waals surface area contributed by atoms with E-state index in [1.54, 1.807) is 0 Å². The molecule has 0 N–H and O–H groups in total. The second-order valence-electron chi connectivity index (χ2n) is 3.63. The number of fused-ring (bicyclic) bond motifs is 1. The van der Waals surface area contributed by atoms with Crippen LogP contribution in [0.2, 0.25) is 0 Å². The van der Waals surface area contributed by atoms with Crippen molar-refractivity contribution in [3.63, 3.8) is 0 Å². The molecule has 0 aliphatic carbocycles. The van der Waals surface area contributed by atoms with E-state index in [9.17, 15) is 0 Å². The van der Waals surface area contributed by atoms with Crippen LogP contribution in [0, 0.1) is 0 Å². The largest absolute Gasteiger partial charge is 0.0616 e. The first-order valence-corrected chi connectivity index (χ1v) is 5.36. The number of hydrogen-bond acceptors (Lipinski definition) is 0. The van der Waals surface area contributed by atoms with E-state index in [2.05, 4.69) is 50.2 Å². The fourth-order valence-corrected chi connectivity index (χ4v) is 2.13. The predicted molar refractivity (Wildman–Crippen MR) is 68.5 cm³/mol. The molecular weight excluding hydrogens is 191 g/mol. The van der Waals surface area contributed by atoms with Gasteiger partial charge < -0.3 is 0 Å². The maximum absolute atomic E-state index is 2.27. The molecule has 0 saturated carbocycles. The van der Waals surface area contributed by atoms with Crippen molar-refractivity contribution in [3.05, 3.63) is 47.5 Å². The molecule has 0 atom stereocenters. The number of hydrogen-bond donors (Lipinski definition) is 0. The normalized spacial score (nSPS) is 10.0. The molecule has 0 unspecified atom stereocenters. The Bertz CT molecular complexity index is 446. The van der Waals surface area contributed by atoms with Gasteiger partial charge in [-0.15, -0.1) is 0 Å². The summed E-state index contributed by atoms with van der Waals surface area (Å²) in [6, 6.07) is 13.1. The molecule has 1 heteroatoms. The van der Waals surface area contributed by atoms with Crippen LogP contribution in [0.3, 0.4) is 0 Å². The van der Waals surface area contributed by atoms with Crippen molar-refractivity contribution in [1.29, 1.82) is 0 Å². The van der Waals surface area contributed by atoms with E-state index in [1.165, 1.54) is 21.9 Å². The maximum atomic E-state index is 2.27. The Labute approximate surface area is 114 Å². The van der Waals surface area contributed by atoms with Gasteiger partial charge >= 0.3 is 0 Å². The SMILES string of the molecule is CCc1ccc2ccccc2c1CC.[Na]. The third kappa shape index (κ3) is 2.44. The van der Waals surface area contributed by atoms with Crippen molar-refractivity contribution in [1.82, 2.24) is 0 Å². The predicted octanol–water partition coefficient (Wildman–Crippen LogP) is 3.58. The van der Waals surface area contributed by atoms with Crippen molar-refractivity contribution in [2.45, 2.75) is 26.7 Å². The fourth-order valence-electron chi connectivity index (χ4n) is 2.13. The number of aryl methyl sites for hydroxylation is 2. The fraction of sp³-hybridized carbons (Fsp3) is 0.286. The topological polar surface area (TPSA) is 0 Å². The summed E-state index contributed by atoms with van der Waals surface area (Å²) >= 11 is 0. The molecule has 0 aromatic heterocycles. The molecule has 15 heavy (non-hydrogen) atoms. The Kier molecular flexibility index (Phi) is 4.85. The Morgan fingerprint density at radius 1 is 0.867 bits per heavy atom. The van der Waals surface area contributed by atoms with Crippen molar-refractivity contribution in [2.24, 2.45) is 0 Å². The van der Waals surface area contributed by atoms with Gasteiger partial charge in [0.2, 0.25) is 0 Å². The van der Waals surface area contributed by atoms with Crippen LogP contribution in [0.15, 0.2) is 36.4 Å². The first kappa shape index (κ1) is 12.8. The smallest absolute Gasteiger partial charge is 0 e. The molecule has 1 radical (unpaired) electrons. The van der Waals surface area contributed by atoms with Crippen LogP contribution in [0.4, 0.5) is 0 Å². The van der Waals surface area contributed by atoms with Crippen LogP contribution < -0.4 is 0 Å². The molecule has 0 spiro atoms. The minimum atomic E-state index is 0. The first-order chi connectivity index (χ1) is 6.86. The Morgan fingerprint density at radius 2 is 1.60 bits per heavy atom. The zero-order chi connectivity index (χ0) is 9.97. The van der Waals surface area contributed by atoms with Crippen LogP contribution in [-0.2, 0) is 12.8 Å². The molecular formula is C14H16Na. The van der Waals surface area contributed by atoms with Gasteiger partial charge in [-0.25, -0.2) is 0 Å². The number of benzene rings is 2. The Hall–Kier alpha value is -0.300. The summed E-state index contributed by atoms with van der Waals surface area (Å²) in [6.07, 6.45) is 2.26. The van der Waals surface area contributed by atoms with Gasteiger partial charge in [0.05, 0.1) is 0 Å². The molecule has 73 valence electrons. The zero-order valence-electron chi connectivity index (χ0n) is 9.88. The van der Waals surface area contributed by atoms with Crippen molar-refractivity contribution in [3.8, 4) is 0 Å². The zero-order valence-corrected chi connectivity index (χ0v) is 11.9. The molecule has 0 saturated heterocycles. The monoisotopic (exact) mass is 207 g/mol. The second kappa shape index (κ2) is 5.69. The van der Waals surface area contributed by atoms with E-state index in [0.29, 0.717) is 0 Å². The molecule has 0 amide bonds. The van der Waals surface area contributed by atoms with Crippen molar-refractivity contribution < 1.29 is 0 Å². The number of rotatable bonds is 2. The maximum Gasteiger partial charge on any atom is 0 e. The average molecular weight is 207 g/mol. The van der Waals surface area contributed by atoms with Crippen LogP contribution >= 0.6 is 0 Å². The van der Waals surface area contributed by atoms with E-state index in [-0.39, 0.29) is 29.6 Å². The minimum absolute atomic E-state index is 0. The molecule has 0 aliphatic heterocycles. The molecule has 2 rings (SSSR count). The van der Waals surface area contributed by atoms with Gasteiger partial charge in [0.15, 0.2) is 0 Å². The quantitative estimate of drug-likeness (QED) is 0.660. The Balaban J connectivity index is 0.00000112. The molecule has 0 fully saturated rings. The van der Waals surface area contributed by atoms with Crippen LogP contribution in [0.1, 0.15) is 25.0 Å². The van der Waals surface area contributed by atoms with Gasteiger partial charge in [-0.1, -0.05) is 50.2 Å². The van der Waals surface area contributed by atoms with Gasteiger partial charge in [0.1, 0.15) is 0 Å². The van der Waals surface area contributed by atoms with Crippen molar-refractivity contribution >= 4 is 40.3 Å². The van der Waals surface area contributed by atoms with Crippen molar-refractivity contribution in [2.75, 3.05) is 0 Å². The van der Waals surface area contributed by atoms with Gasteiger partial charge in [0.25, 0.3) is 0 Å². The minimum Gasteiger partial charge on any atom is -0.0616 e. The molecule has 0 nitrogen and oxygen atoms in total. The summed E-state index contributed by atoms with van der Waals surface area (Å²) < 4.78 is 0. The summed E-state index contributed by atoms with van der Waals surface area (Å²) in [5.41, 5.74) is 3.01. The molecule has 2 aromatic carbocycles. The van der Waals surface area contributed by atoms with Gasteiger partial charge in [-0.05, 0) is 34.7 Å². The van der Waals surface area contributed by atoms with Crippen LogP contribution in [0.5, 0.6) is 0 Å². The summed E-state index contributed by atoms with van der Waals surface area (Å²) in [5, 5.41) is 2.79. The summed E-state index contributed by atoms with van der Waals surface area (Å²) in [4.78, 5) is 0. The Morgan fingerprint density at radius 3 is 2.27 bits per heavy atom. The third-order valence-electron chi connectivity index (χ3n) is 2.87. The first-order valence-electron chi connectivity index (χ1n) is 5.36. The summed E-state index contributed by atoms with van der Waals surface area (Å²) in [6.45, 7) is 4.46. The van der Waals surface area contributed by atoms with E-state index < -0.39 is 0 Å². The molecule has 2 aromatic rings. The van der Waals surface area contributed by atoms with Crippen LogP contribution in [-0.4, -0.2) is 29.6 Å². The van der Waals surface area contributed by atoms with E-state index in [1.807, 2.05) is 0 Å². The van der Waals surface area contributed by atoms with Gasteiger partial charge in [-0.2, -0.15) is 0 Å². The van der Waals surface area contributed by atoms with Gasteiger partial charge in [-0.3, -0.25) is 0 Å². The molecule has 0 aliphatic rings. The van der Waals surface area contributed by atoms with Gasteiger partial charge in [0, 0.05) is 29.6 Å². The summed E-state index contributed by atoms with van der Waals surface area (Å²) in [7, 11) is 0. The van der Waals surface area contributed by atoms with E-state index in [4.69, 9.17) is 0 Å². The average Bonchev–Trinajstić information content (AvgIpc) is 2.27.